The molecular formula is C18H15FN4S. The van der Waals surface area contributed by atoms with E-state index in [1.165, 1.54) is 23.9 Å². The van der Waals surface area contributed by atoms with Crippen molar-refractivity contribution in [3.63, 3.8) is 0 Å². The van der Waals surface area contributed by atoms with E-state index in [0.717, 1.165) is 16.8 Å². The van der Waals surface area contributed by atoms with Crippen LogP contribution in [0.3, 0.4) is 0 Å². The number of halogens is 1. The predicted octanol–water partition coefficient (Wildman–Crippen LogP) is 4.25. The first-order chi connectivity index (χ1) is 11.7. The number of hydrogen-bond donors (Lipinski definition) is 0. The van der Waals surface area contributed by atoms with Gasteiger partial charge in [-0.3, -0.25) is 0 Å². The first-order valence-corrected chi connectivity index (χ1v) is 8.86. The summed E-state index contributed by atoms with van der Waals surface area (Å²) in [4.78, 5) is 9.19. The number of aliphatic imine (C=N–C) groups is 1. The average Bonchev–Trinajstić information content (AvgIpc) is 3.05. The topological polar surface area (TPSA) is 43.1 Å². The molecule has 0 saturated heterocycles. The van der Waals surface area contributed by atoms with Crippen LogP contribution in [0.15, 0.2) is 64.7 Å². The van der Waals surface area contributed by atoms with Crippen LogP contribution in [0.5, 0.6) is 0 Å². The van der Waals surface area contributed by atoms with Gasteiger partial charge in [0.05, 0.1) is 11.8 Å². The highest BCUT2D eigenvalue weighted by Gasteiger charge is 2.27. The van der Waals surface area contributed by atoms with Crippen molar-refractivity contribution in [2.75, 3.05) is 6.26 Å². The Labute approximate surface area is 143 Å². The molecule has 1 aliphatic heterocycles. The van der Waals surface area contributed by atoms with Crippen LogP contribution >= 0.6 is 11.8 Å². The van der Waals surface area contributed by atoms with Crippen molar-refractivity contribution in [3.05, 3.63) is 71.5 Å². The number of fused-ring (bicyclic) bond motifs is 1. The van der Waals surface area contributed by atoms with Crippen LogP contribution in [0, 0.1) is 5.82 Å². The van der Waals surface area contributed by atoms with E-state index >= 15 is 0 Å². The number of aromatic nitrogens is 3. The summed E-state index contributed by atoms with van der Waals surface area (Å²) in [7, 11) is 0. The first kappa shape index (κ1) is 15.1. The highest BCUT2D eigenvalue weighted by molar-refractivity contribution is 7.98. The molecular weight excluding hydrogens is 323 g/mol. The molecule has 1 aliphatic rings. The lowest BCUT2D eigenvalue weighted by molar-refractivity contribution is 0.521. The zero-order valence-electron chi connectivity index (χ0n) is 13.1. The average molecular weight is 338 g/mol. The lowest BCUT2D eigenvalue weighted by atomic mass is 9.96. The van der Waals surface area contributed by atoms with Gasteiger partial charge in [0.2, 0.25) is 11.1 Å². The van der Waals surface area contributed by atoms with E-state index in [-0.39, 0.29) is 11.9 Å². The number of rotatable bonds is 3. The van der Waals surface area contributed by atoms with Crippen LogP contribution in [-0.2, 0) is 0 Å². The van der Waals surface area contributed by atoms with Crippen molar-refractivity contribution in [1.82, 2.24) is 14.8 Å². The monoisotopic (exact) mass is 338 g/mol. The summed E-state index contributed by atoms with van der Waals surface area (Å²) in [6.45, 7) is 0. The van der Waals surface area contributed by atoms with E-state index in [0.29, 0.717) is 17.5 Å². The maximum absolute atomic E-state index is 13.3. The molecule has 2 aromatic carbocycles. The van der Waals surface area contributed by atoms with Gasteiger partial charge >= 0.3 is 0 Å². The fourth-order valence-corrected chi connectivity index (χ4v) is 3.20. The van der Waals surface area contributed by atoms with Gasteiger partial charge in [-0.15, -0.1) is 5.10 Å². The molecule has 4 nitrogen and oxygen atoms in total. The maximum atomic E-state index is 13.3. The molecule has 120 valence electrons. The van der Waals surface area contributed by atoms with Gasteiger partial charge in [0.1, 0.15) is 5.82 Å². The highest BCUT2D eigenvalue weighted by Crippen LogP contribution is 2.33. The van der Waals surface area contributed by atoms with Gasteiger partial charge in [0, 0.05) is 6.42 Å². The normalized spacial score (nSPS) is 16.6. The van der Waals surface area contributed by atoms with E-state index in [2.05, 4.69) is 10.1 Å². The predicted molar refractivity (Wildman–Crippen MR) is 93.6 cm³/mol. The molecule has 0 saturated carbocycles. The zero-order valence-corrected chi connectivity index (χ0v) is 13.9. The standard InChI is InChI=1S/C18H15FN4S/c1-24-18-21-17-20-15(12-5-3-2-4-6-12)11-16(23(17)22-18)13-7-9-14(19)10-8-13/h2-10,16H,11H2,1H3. The Kier molecular flexibility index (Phi) is 3.90. The van der Waals surface area contributed by atoms with Crippen molar-refractivity contribution in [1.29, 1.82) is 0 Å². The van der Waals surface area contributed by atoms with Crippen LogP contribution in [0.1, 0.15) is 23.6 Å². The number of hydrogen-bond acceptors (Lipinski definition) is 4. The van der Waals surface area contributed by atoms with E-state index in [1.54, 1.807) is 12.1 Å². The van der Waals surface area contributed by atoms with Gasteiger partial charge in [0.15, 0.2) is 0 Å². The molecule has 4 rings (SSSR count). The number of benzene rings is 2. The van der Waals surface area contributed by atoms with Crippen LogP contribution in [0.25, 0.3) is 0 Å². The molecule has 0 bridgehead atoms. The largest absolute Gasteiger partial charge is 0.249 e. The summed E-state index contributed by atoms with van der Waals surface area (Å²) in [6.07, 6.45) is 2.63. The third-order valence-electron chi connectivity index (χ3n) is 4.06. The molecule has 0 aliphatic carbocycles. The number of thioether (sulfide) groups is 1. The van der Waals surface area contributed by atoms with E-state index in [9.17, 15) is 4.39 Å². The quantitative estimate of drug-likeness (QED) is 0.671. The molecule has 2 heterocycles. The highest BCUT2D eigenvalue weighted by atomic mass is 32.2. The second-order valence-corrected chi connectivity index (χ2v) is 6.31. The van der Waals surface area contributed by atoms with Gasteiger partial charge in [-0.25, -0.2) is 14.1 Å². The summed E-state index contributed by atoms with van der Waals surface area (Å²) in [5, 5.41) is 5.24. The summed E-state index contributed by atoms with van der Waals surface area (Å²) in [6, 6.07) is 16.6. The molecule has 1 atom stereocenters. The Balaban J connectivity index is 1.82. The fraction of sp³-hybridized carbons (Fsp3) is 0.167. The lowest BCUT2D eigenvalue weighted by Gasteiger charge is -2.23. The Morgan fingerprint density at radius 3 is 2.54 bits per heavy atom. The SMILES string of the molecule is CSc1nc2n(n1)C(c1ccc(F)cc1)CC(c1ccccc1)=N2. The van der Waals surface area contributed by atoms with E-state index < -0.39 is 0 Å². The van der Waals surface area contributed by atoms with E-state index in [4.69, 9.17) is 4.99 Å². The fourth-order valence-electron chi connectivity index (χ4n) is 2.86. The minimum atomic E-state index is -0.241. The molecule has 1 aromatic heterocycles. The minimum Gasteiger partial charge on any atom is -0.221 e. The van der Waals surface area contributed by atoms with Crippen LogP contribution in [0.4, 0.5) is 10.3 Å². The Hall–Kier alpha value is -2.47. The summed E-state index contributed by atoms with van der Waals surface area (Å²) in [5.41, 5.74) is 3.04. The van der Waals surface area contributed by atoms with Gasteiger partial charge in [-0.1, -0.05) is 54.2 Å². The zero-order chi connectivity index (χ0) is 16.5. The molecule has 1 unspecified atom stereocenters. The molecule has 0 fully saturated rings. The molecule has 0 N–H and O–H groups in total. The minimum absolute atomic E-state index is 0.0401. The van der Waals surface area contributed by atoms with Gasteiger partial charge in [-0.2, -0.15) is 4.98 Å². The number of nitrogens with zero attached hydrogens (tertiary/aromatic N) is 4. The summed E-state index contributed by atoms with van der Waals surface area (Å²) >= 11 is 1.49. The first-order valence-electron chi connectivity index (χ1n) is 7.63. The Bertz CT molecular complexity index is 887. The Morgan fingerprint density at radius 1 is 1.08 bits per heavy atom. The van der Waals surface area contributed by atoms with Crippen molar-refractivity contribution in [3.8, 4) is 0 Å². The molecule has 0 amide bonds. The van der Waals surface area contributed by atoms with Gasteiger partial charge < -0.3 is 0 Å². The van der Waals surface area contributed by atoms with Crippen LogP contribution in [0.2, 0.25) is 0 Å². The van der Waals surface area contributed by atoms with Crippen molar-refractivity contribution < 1.29 is 4.39 Å². The smallest absolute Gasteiger partial charge is 0.221 e. The summed E-state index contributed by atoms with van der Waals surface area (Å²) < 4.78 is 15.1. The maximum Gasteiger partial charge on any atom is 0.249 e. The van der Waals surface area contributed by atoms with Crippen molar-refractivity contribution >= 4 is 23.4 Å². The molecule has 0 radical (unpaired) electrons. The van der Waals surface area contributed by atoms with Gasteiger partial charge in [-0.05, 0) is 29.5 Å². The third kappa shape index (κ3) is 2.73. The summed E-state index contributed by atoms with van der Waals surface area (Å²) in [5.74, 6) is 0.355. The molecule has 24 heavy (non-hydrogen) atoms. The third-order valence-corrected chi connectivity index (χ3v) is 4.59. The second kappa shape index (κ2) is 6.20. The Morgan fingerprint density at radius 2 is 1.83 bits per heavy atom. The van der Waals surface area contributed by atoms with Crippen LogP contribution < -0.4 is 0 Å². The molecule has 3 aromatic rings. The lowest BCUT2D eigenvalue weighted by Crippen LogP contribution is -2.21. The molecule has 0 spiro atoms. The second-order valence-electron chi connectivity index (χ2n) is 5.54. The van der Waals surface area contributed by atoms with Crippen molar-refractivity contribution in [2.24, 2.45) is 4.99 Å². The van der Waals surface area contributed by atoms with Gasteiger partial charge in [0.25, 0.3) is 0 Å². The van der Waals surface area contributed by atoms with Crippen molar-refractivity contribution in [2.45, 2.75) is 17.6 Å². The van der Waals surface area contributed by atoms with Crippen LogP contribution in [-0.4, -0.2) is 26.7 Å². The molecule has 6 heteroatoms. The van der Waals surface area contributed by atoms with E-state index in [1.807, 2.05) is 41.3 Å².